The van der Waals surface area contributed by atoms with Crippen LogP contribution in [-0.4, -0.2) is 0 Å². The third kappa shape index (κ3) is 2.53. The van der Waals surface area contributed by atoms with Gasteiger partial charge in [0.1, 0.15) is 0 Å². The molecule has 0 nitrogen and oxygen atoms in total. The molecule has 0 bridgehead atoms. The van der Waals surface area contributed by atoms with Crippen molar-refractivity contribution >= 4 is 54.8 Å². The Hall–Kier alpha value is 0.170. The van der Waals surface area contributed by atoms with Gasteiger partial charge in [0, 0.05) is 9.90 Å². The molecule has 1 heterocycles. The van der Waals surface area contributed by atoms with E-state index in [9.17, 15) is 0 Å². The van der Waals surface area contributed by atoms with Gasteiger partial charge < -0.3 is 0 Å². The zero-order chi connectivity index (χ0) is 11.7. The largest absolute Gasteiger partial charge is 0.133 e. The summed E-state index contributed by atoms with van der Waals surface area (Å²) in [5, 5.41) is 0.797. The van der Waals surface area contributed by atoms with Crippen molar-refractivity contribution in [2.75, 3.05) is 0 Å². The molecule has 0 spiro atoms. The predicted molar refractivity (Wildman–Crippen MR) is 79.0 cm³/mol. The Morgan fingerprint density at radius 2 is 1.94 bits per heavy atom. The van der Waals surface area contributed by atoms with Crippen LogP contribution in [0.25, 0.3) is 0 Å². The van der Waals surface area contributed by atoms with E-state index < -0.39 is 0 Å². The molecule has 0 aliphatic carbocycles. The van der Waals surface area contributed by atoms with Crippen molar-refractivity contribution in [2.24, 2.45) is 0 Å². The SMILES string of the molecule is Cc1sc(Br)cc1C(Br)c1ccccc1Cl. The van der Waals surface area contributed by atoms with E-state index in [1.54, 1.807) is 11.3 Å². The minimum atomic E-state index is 0.156. The smallest absolute Gasteiger partial charge is 0.0704 e. The van der Waals surface area contributed by atoms with E-state index in [4.69, 9.17) is 11.6 Å². The van der Waals surface area contributed by atoms with Crippen LogP contribution in [0.2, 0.25) is 5.02 Å². The molecule has 0 saturated carbocycles. The average Bonchev–Trinajstić information content (AvgIpc) is 2.58. The molecule has 2 aromatic rings. The predicted octanol–water partition coefficient (Wildman–Crippen LogP) is 5.96. The molecule has 0 aliphatic rings. The summed E-state index contributed by atoms with van der Waals surface area (Å²) in [5.74, 6) is 0. The highest BCUT2D eigenvalue weighted by Gasteiger charge is 2.17. The van der Waals surface area contributed by atoms with Gasteiger partial charge in [0.25, 0.3) is 0 Å². The molecule has 1 aromatic carbocycles. The van der Waals surface area contributed by atoms with Crippen LogP contribution in [0.4, 0.5) is 0 Å². The van der Waals surface area contributed by atoms with Gasteiger partial charge in [0.05, 0.1) is 8.61 Å². The number of benzene rings is 1. The monoisotopic (exact) mass is 378 g/mol. The Morgan fingerprint density at radius 1 is 1.25 bits per heavy atom. The van der Waals surface area contributed by atoms with Gasteiger partial charge in [-0.05, 0) is 46.1 Å². The summed E-state index contributed by atoms with van der Waals surface area (Å²) < 4.78 is 1.15. The normalized spacial score (nSPS) is 12.8. The molecule has 0 saturated heterocycles. The van der Waals surface area contributed by atoms with Gasteiger partial charge in [0.2, 0.25) is 0 Å². The highest BCUT2D eigenvalue weighted by molar-refractivity contribution is 9.11. The quantitative estimate of drug-likeness (QED) is 0.564. The lowest BCUT2D eigenvalue weighted by atomic mass is 10.1. The van der Waals surface area contributed by atoms with Crippen LogP contribution >= 0.6 is 54.8 Å². The van der Waals surface area contributed by atoms with Crippen LogP contribution in [0.1, 0.15) is 20.8 Å². The number of hydrogen-bond acceptors (Lipinski definition) is 1. The summed E-state index contributed by atoms with van der Waals surface area (Å²) >= 11 is 15.1. The van der Waals surface area contributed by atoms with Gasteiger partial charge in [-0.15, -0.1) is 11.3 Å². The molecule has 0 amide bonds. The van der Waals surface area contributed by atoms with Gasteiger partial charge in [-0.25, -0.2) is 0 Å². The first-order valence-corrected chi connectivity index (χ1v) is 7.64. The molecule has 1 atom stereocenters. The summed E-state index contributed by atoms with van der Waals surface area (Å²) in [6.07, 6.45) is 0. The molecule has 4 heteroatoms. The van der Waals surface area contributed by atoms with Crippen LogP contribution in [0, 0.1) is 6.92 Å². The van der Waals surface area contributed by atoms with Gasteiger partial charge >= 0.3 is 0 Å². The first-order valence-electron chi connectivity index (χ1n) is 4.74. The van der Waals surface area contributed by atoms with E-state index in [-0.39, 0.29) is 4.83 Å². The Morgan fingerprint density at radius 3 is 2.50 bits per heavy atom. The van der Waals surface area contributed by atoms with Crippen LogP contribution in [0.15, 0.2) is 34.1 Å². The van der Waals surface area contributed by atoms with Crippen molar-refractivity contribution in [3.63, 3.8) is 0 Å². The van der Waals surface area contributed by atoms with Crippen molar-refractivity contribution in [2.45, 2.75) is 11.8 Å². The Bertz CT molecular complexity index is 507. The zero-order valence-corrected chi connectivity index (χ0v) is 13.3. The Balaban J connectivity index is 2.43. The second-order valence-corrected chi connectivity index (χ2v) is 7.40. The topological polar surface area (TPSA) is 0 Å². The second-order valence-electron chi connectivity index (χ2n) is 3.45. The third-order valence-electron chi connectivity index (χ3n) is 2.38. The number of alkyl halides is 1. The molecule has 0 fully saturated rings. The highest BCUT2D eigenvalue weighted by Crippen LogP contribution is 2.40. The van der Waals surface area contributed by atoms with E-state index in [1.165, 1.54) is 10.4 Å². The number of halogens is 3. The van der Waals surface area contributed by atoms with Crippen LogP contribution in [0.5, 0.6) is 0 Å². The summed E-state index contributed by atoms with van der Waals surface area (Å²) in [5.41, 5.74) is 2.38. The summed E-state index contributed by atoms with van der Waals surface area (Å²) in [4.78, 5) is 1.46. The van der Waals surface area contributed by atoms with Crippen molar-refractivity contribution in [1.29, 1.82) is 0 Å². The summed E-state index contributed by atoms with van der Waals surface area (Å²) in [6, 6.07) is 10.1. The van der Waals surface area contributed by atoms with Crippen molar-refractivity contribution < 1.29 is 0 Å². The first-order chi connectivity index (χ1) is 7.59. The van der Waals surface area contributed by atoms with Gasteiger partial charge in [-0.2, -0.15) is 0 Å². The van der Waals surface area contributed by atoms with E-state index in [0.717, 1.165) is 14.4 Å². The minimum absolute atomic E-state index is 0.156. The lowest BCUT2D eigenvalue weighted by molar-refractivity contribution is 1.17. The van der Waals surface area contributed by atoms with Crippen LogP contribution < -0.4 is 0 Å². The zero-order valence-electron chi connectivity index (χ0n) is 8.51. The van der Waals surface area contributed by atoms with Gasteiger partial charge in [-0.1, -0.05) is 45.7 Å². The molecule has 1 aromatic heterocycles. The molecular formula is C12H9Br2ClS. The van der Waals surface area contributed by atoms with Crippen LogP contribution in [0.3, 0.4) is 0 Å². The maximum atomic E-state index is 6.19. The van der Waals surface area contributed by atoms with Gasteiger partial charge in [0.15, 0.2) is 0 Å². The fourth-order valence-corrected chi connectivity index (χ4v) is 4.71. The Labute approximate surface area is 121 Å². The minimum Gasteiger partial charge on any atom is -0.133 e. The van der Waals surface area contributed by atoms with E-state index in [2.05, 4.69) is 44.8 Å². The van der Waals surface area contributed by atoms with Crippen molar-refractivity contribution in [3.8, 4) is 0 Å². The molecule has 0 radical (unpaired) electrons. The maximum absolute atomic E-state index is 6.19. The highest BCUT2D eigenvalue weighted by atomic mass is 79.9. The number of thiophene rings is 1. The molecular weight excluding hydrogens is 371 g/mol. The fraction of sp³-hybridized carbons (Fsp3) is 0.167. The van der Waals surface area contributed by atoms with Gasteiger partial charge in [-0.3, -0.25) is 0 Å². The first kappa shape index (κ1) is 12.6. The average molecular weight is 381 g/mol. The molecule has 0 aliphatic heterocycles. The van der Waals surface area contributed by atoms with Crippen LogP contribution in [-0.2, 0) is 0 Å². The number of aryl methyl sites for hydroxylation is 1. The third-order valence-corrected chi connectivity index (χ3v) is 5.28. The van der Waals surface area contributed by atoms with E-state index in [0.29, 0.717) is 0 Å². The standard InChI is InChI=1S/C12H9Br2ClS/c1-7-9(6-11(13)16-7)12(14)8-4-2-3-5-10(8)15/h2-6,12H,1H3. The molecule has 84 valence electrons. The molecule has 0 N–H and O–H groups in total. The lowest BCUT2D eigenvalue weighted by Gasteiger charge is -2.11. The molecule has 2 rings (SSSR count). The van der Waals surface area contributed by atoms with Crippen molar-refractivity contribution in [3.05, 3.63) is 55.1 Å². The summed E-state index contributed by atoms with van der Waals surface area (Å²) in [7, 11) is 0. The second kappa shape index (κ2) is 5.21. The maximum Gasteiger partial charge on any atom is 0.0704 e. The lowest BCUT2D eigenvalue weighted by Crippen LogP contribution is -1.93. The number of hydrogen-bond donors (Lipinski definition) is 0. The van der Waals surface area contributed by atoms with Crippen molar-refractivity contribution in [1.82, 2.24) is 0 Å². The Kier molecular flexibility index (Phi) is 4.11. The van der Waals surface area contributed by atoms with E-state index in [1.807, 2.05) is 24.3 Å². The van der Waals surface area contributed by atoms with E-state index >= 15 is 0 Å². The number of rotatable bonds is 2. The molecule has 16 heavy (non-hydrogen) atoms. The fourth-order valence-electron chi connectivity index (χ4n) is 1.56. The molecule has 1 unspecified atom stereocenters. The summed E-state index contributed by atoms with van der Waals surface area (Å²) in [6.45, 7) is 2.12.